The Bertz CT molecular complexity index is 459. The first-order valence-corrected chi connectivity index (χ1v) is 8.33. The molecule has 2 aliphatic rings. The summed E-state index contributed by atoms with van der Waals surface area (Å²) in [5.74, 6) is 7.08. The van der Waals surface area contributed by atoms with Gasteiger partial charge in [-0.1, -0.05) is 6.07 Å². The van der Waals surface area contributed by atoms with Gasteiger partial charge in [-0.2, -0.15) is 0 Å². The van der Waals surface area contributed by atoms with E-state index in [-0.39, 0.29) is 0 Å². The van der Waals surface area contributed by atoms with Gasteiger partial charge in [-0.05, 0) is 63.0 Å². The summed E-state index contributed by atoms with van der Waals surface area (Å²) in [4.78, 5) is 4.64. The summed E-state index contributed by atoms with van der Waals surface area (Å²) < 4.78 is 5.66. The maximum absolute atomic E-state index is 5.87. The van der Waals surface area contributed by atoms with Gasteiger partial charge in [-0.15, -0.1) is 0 Å². The van der Waals surface area contributed by atoms with E-state index in [0.717, 1.165) is 25.4 Å². The smallest absolute Gasteiger partial charge is 0.0580 e. The van der Waals surface area contributed by atoms with E-state index in [2.05, 4.69) is 23.4 Å². The van der Waals surface area contributed by atoms with Gasteiger partial charge in [-0.3, -0.25) is 16.3 Å². The van der Waals surface area contributed by atoms with Crippen molar-refractivity contribution in [2.45, 2.75) is 63.5 Å². The van der Waals surface area contributed by atoms with Gasteiger partial charge in [0, 0.05) is 30.5 Å². The van der Waals surface area contributed by atoms with Crippen LogP contribution in [0.25, 0.3) is 0 Å². The number of aromatic nitrogens is 1. The first-order valence-electron chi connectivity index (χ1n) is 8.33. The summed E-state index contributed by atoms with van der Waals surface area (Å²) in [5, 5.41) is 0. The Kier molecular flexibility index (Phi) is 4.88. The molecule has 4 nitrogen and oxygen atoms in total. The molecule has 1 aromatic rings. The lowest BCUT2D eigenvalue weighted by Gasteiger charge is -2.39. The highest BCUT2D eigenvalue weighted by Gasteiger charge is 2.35. The lowest BCUT2D eigenvalue weighted by molar-refractivity contribution is -0.0299. The van der Waals surface area contributed by atoms with E-state index in [9.17, 15) is 0 Å². The van der Waals surface area contributed by atoms with Crippen LogP contribution in [-0.4, -0.2) is 23.7 Å². The minimum atomic E-state index is 0.339. The summed E-state index contributed by atoms with van der Waals surface area (Å²) in [5.41, 5.74) is 5.76. The number of nitrogens with one attached hydrogen (secondary N) is 1. The molecule has 1 heterocycles. The topological polar surface area (TPSA) is 60.2 Å². The van der Waals surface area contributed by atoms with Crippen molar-refractivity contribution in [2.75, 3.05) is 6.61 Å². The van der Waals surface area contributed by atoms with Gasteiger partial charge in [0.05, 0.1) is 6.10 Å². The van der Waals surface area contributed by atoms with Gasteiger partial charge in [0.2, 0.25) is 0 Å². The number of nitrogens with zero attached hydrogens (tertiary/aromatic N) is 1. The maximum Gasteiger partial charge on any atom is 0.0580 e. The first-order chi connectivity index (χ1) is 10.3. The third-order valence-corrected chi connectivity index (χ3v) is 5.12. The molecule has 0 bridgehead atoms. The Morgan fingerprint density at radius 3 is 3.10 bits per heavy atom. The van der Waals surface area contributed by atoms with Gasteiger partial charge in [0.15, 0.2) is 0 Å². The van der Waals surface area contributed by atoms with Crippen LogP contribution < -0.4 is 11.3 Å². The van der Waals surface area contributed by atoms with E-state index in [4.69, 9.17) is 10.6 Å². The van der Waals surface area contributed by atoms with Crippen LogP contribution in [0.4, 0.5) is 0 Å². The fourth-order valence-corrected chi connectivity index (χ4v) is 3.98. The van der Waals surface area contributed by atoms with Crippen LogP contribution >= 0.6 is 0 Å². The third-order valence-electron chi connectivity index (χ3n) is 5.12. The number of hydrogen-bond acceptors (Lipinski definition) is 4. The van der Waals surface area contributed by atoms with E-state index < -0.39 is 0 Å². The summed E-state index contributed by atoms with van der Waals surface area (Å²) in [7, 11) is 0. The molecule has 1 fully saturated rings. The van der Waals surface area contributed by atoms with Crippen molar-refractivity contribution < 1.29 is 4.74 Å². The monoisotopic (exact) mass is 289 g/mol. The van der Waals surface area contributed by atoms with Crippen molar-refractivity contribution >= 4 is 0 Å². The average Bonchev–Trinajstić information content (AvgIpc) is 2.49. The normalized spacial score (nSPS) is 29.5. The molecule has 0 aromatic carbocycles. The number of fused-ring (bicyclic) bond motifs is 1. The Morgan fingerprint density at radius 1 is 1.48 bits per heavy atom. The second-order valence-electron chi connectivity index (χ2n) is 6.47. The molecule has 0 spiro atoms. The summed E-state index contributed by atoms with van der Waals surface area (Å²) in [6, 6.07) is 4.60. The van der Waals surface area contributed by atoms with E-state index in [1.807, 2.05) is 12.3 Å². The lowest BCUT2D eigenvalue weighted by Crippen LogP contribution is -2.45. The molecular formula is C17H27N3O. The fourth-order valence-electron chi connectivity index (χ4n) is 3.98. The summed E-state index contributed by atoms with van der Waals surface area (Å²) >= 11 is 0. The van der Waals surface area contributed by atoms with Crippen molar-refractivity contribution in [1.29, 1.82) is 0 Å². The van der Waals surface area contributed by atoms with Crippen LogP contribution in [0, 0.1) is 5.92 Å². The molecule has 0 radical (unpaired) electrons. The zero-order valence-corrected chi connectivity index (χ0v) is 12.9. The molecule has 4 heteroatoms. The van der Waals surface area contributed by atoms with Crippen LogP contribution in [0.5, 0.6) is 0 Å². The van der Waals surface area contributed by atoms with Gasteiger partial charge in [-0.25, -0.2) is 0 Å². The minimum absolute atomic E-state index is 0.339. The quantitative estimate of drug-likeness (QED) is 0.624. The molecule has 2 atom stereocenters. The van der Waals surface area contributed by atoms with Crippen LogP contribution in [-0.2, 0) is 11.2 Å². The highest BCUT2D eigenvalue weighted by molar-refractivity contribution is 5.27. The van der Waals surface area contributed by atoms with Crippen molar-refractivity contribution in [1.82, 2.24) is 10.4 Å². The van der Waals surface area contributed by atoms with Crippen LogP contribution in [0.2, 0.25) is 0 Å². The molecular weight excluding hydrogens is 262 g/mol. The lowest BCUT2D eigenvalue weighted by atomic mass is 9.73. The number of hydrogen-bond donors (Lipinski definition) is 2. The van der Waals surface area contributed by atoms with E-state index in [1.54, 1.807) is 0 Å². The van der Waals surface area contributed by atoms with Gasteiger partial charge in [0.25, 0.3) is 0 Å². The molecule has 3 N–H and O–H groups in total. The Hall–Kier alpha value is -0.970. The molecule has 0 amide bonds. The SMILES string of the molecule is CCOC1CC(CC(NN)C2CCCc3cccnc32)C1. The van der Waals surface area contributed by atoms with Crippen molar-refractivity contribution in [3.05, 3.63) is 29.6 Å². The molecule has 0 saturated heterocycles. The first kappa shape index (κ1) is 14.9. The van der Waals surface area contributed by atoms with Crippen molar-refractivity contribution in [3.63, 3.8) is 0 Å². The molecule has 2 unspecified atom stereocenters. The van der Waals surface area contributed by atoms with Gasteiger partial charge in [0.1, 0.15) is 0 Å². The molecule has 3 rings (SSSR count). The maximum atomic E-state index is 5.87. The average molecular weight is 289 g/mol. The summed E-state index contributed by atoms with van der Waals surface area (Å²) in [6.45, 7) is 2.90. The van der Waals surface area contributed by atoms with Crippen molar-refractivity contribution in [3.8, 4) is 0 Å². The van der Waals surface area contributed by atoms with Crippen LogP contribution in [0.3, 0.4) is 0 Å². The zero-order valence-electron chi connectivity index (χ0n) is 12.9. The second kappa shape index (κ2) is 6.86. The largest absolute Gasteiger partial charge is 0.378 e. The molecule has 21 heavy (non-hydrogen) atoms. The molecule has 1 saturated carbocycles. The number of pyridine rings is 1. The number of ether oxygens (including phenoxy) is 1. The van der Waals surface area contributed by atoms with Gasteiger partial charge < -0.3 is 4.74 Å². The Labute approximate surface area is 127 Å². The summed E-state index contributed by atoms with van der Waals surface area (Å²) in [6.07, 6.45) is 9.51. The number of nitrogens with two attached hydrogens (primary N) is 1. The Balaban J connectivity index is 1.62. The number of aryl methyl sites for hydroxylation is 1. The number of hydrazine groups is 1. The highest BCUT2D eigenvalue weighted by atomic mass is 16.5. The highest BCUT2D eigenvalue weighted by Crippen LogP contribution is 2.39. The number of rotatable bonds is 6. The second-order valence-corrected chi connectivity index (χ2v) is 6.47. The van der Waals surface area contributed by atoms with Crippen LogP contribution in [0.1, 0.15) is 56.2 Å². The Morgan fingerprint density at radius 2 is 2.33 bits per heavy atom. The van der Waals surface area contributed by atoms with Crippen molar-refractivity contribution in [2.24, 2.45) is 11.8 Å². The molecule has 2 aliphatic carbocycles. The molecule has 116 valence electrons. The molecule has 0 aliphatic heterocycles. The van der Waals surface area contributed by atoms with E-state index in [1.165, 1.54) is 36.9 Å². The predicted octanol–water partition coefficient (Wildman–Crippen LogP) is 2.54. The predicted molar refractivity (Wildman–Crippen MR) is 83.8 cm³/mol. The van der Waals surface area contributed by atoms with E-state index in [0.29, 0.717) is 18.1 Å². The van der Waals surface area contributed by atoms with Gasteiger partial charge >= 0.3 is 0 Å². The molecule has 1 aromatic heterocycles. The van der Waals surface area contributed by atoms with E-state index >= 15 is 0 Å². The fraction of sp³-hybridized carbons (Fsp3) is 0.706. The minimum Gasteiger partial charge on any atom is -0.378 e. The van der Waals surface area contributed by atoms with Crippen LogP contribution in [0.15, 0.2) is 18.3 Å². The zero-order chi connectivity index (χ0) is 14.7. The standard InChI is InChI=1S/C17H27N3O/c1-2-21-14-9-12(10-14)11-16(20-18)15-7-3-5-13-6-4-8-19-17(13)15/h4,6,8,12,14-16,20H,2-3,5,7,9-11,18H2,1H3. The third kappa shape index (κ3) is 3.28.